The first-order valence-electron chi connectivity index (χ1n) is 21.0. The summed E-state index contributed by atoms with van der Waals surface area (Å²) in [6.07, 6.45) is 0. The van der Waals surface area contributed by atoms with Gasteiger partial charge in [-0.05, 0) is 107 Å². The van der Waals surface area contributed by atoms with E-state index < -0.39 is 0 Å². The van der Waals surface area contributed by atoms with Gasteiger partial charge < -0.3 is 8.83 Å². The maximum atomic E-state index is 9.46. The van der Waals surface area contributed by atoms with E-state index in [1.807, 2.05) is 66.7 Å². The second-order valence-corrected chi connectivity index (χ2v) is 13.9. The first kappa shape index (κ1) is 24.2. The smallest absolute Gasteiger partial charge is 0.147 e. The van der Waals surface area contributed by atoms with E-state index in [1.165, 1.54) is 6.07 Å². The van der Waals surface area contributed by atoms with E-state index in [0.29, 0.717) is 16.5 Å². The minimum Gasteiger partial charge on any atom is -0.456 e. The molecule has 0 aliphatic carbocycles. The molecule has 0 spiro atoms. The first-order chi connectivity index (χ1) is 29.3. The van der Waals surface area contributed by atoms with E-state index in [4.69, 9.17) is 15.7 Å². The van der Waals surface area contributed by atoms with Gasteiger partial charge in [0, 0.05) is 16.2 Å². The van der Waals surface area contributed by atoms with E-state index in [1.54, 1.807) is 0 Å². The molecule has 0 radical (unpaired) electrons. The number of furan rings is 2. The molecule has 12 rings (SSSR count). The zero-order valence-electron chi connectivity index (χ0n) is 34.7. The van der Waals surface area contributed by atoms with Crippen LogP contribution in [-0.4, -0.2) is 0 Å². The van der Waals surface area contributed by atoms with Crippen LogP contribution in [-0.2, 0) is 0 Å². The molecule has 0 atom stereocenters. The van der Waals surface area contributed by atoms with Gasteiger partial charge in [0.25, 0.3) is 0 Å². The van der Waals surface area contributed by atoms with Crippen molar-refractivity contribution < 1.29 is 17.1 Å². The Labute approximate surface area is 318 Å². The molecule has 2 heteroatoms. The van der Waals surface area contributed by atoms with E-state index in [0.717, 1.165) is 98.4 Å². The molecule has 2 heterocycles. The minimum absolute atomic E-state index is 0.0920. The summed E-state index contributed by atoms with van der Waals surface area (Å²) in [7, 11) is 0. The number of para-hydroxylation sites is 1. The van der Waals surface area contributed by atoms with Crippen molar-refractivity contribution in [1.29, 1.82) is 0 Å². The van der Waals surface area contributed by atoms with Crippen LogP contribution in [0.5, 0.6) is 0 Å². The summed E-state index contributed by atoms with van der Waals surface area (Å²) in [6.45, 7) is 0. The zero-order chi connectivity index (χ0) is 40.6. The highest BCUT2D eigenvalue weighted by Gasteiger charge is 2.22. The van der Waals surface area contributed by atoms with Crippen molar-refractivity contribution in [2.24, 2.45) is 0 Å². The molecule has 10 aromatic carbocycles. The lowest BCUT2D eigenvalue weighted by Crippen LogP contribution is -1.93. The summed E-state index contributed by atoms with van der Waals surface area (Å²) in [4.78, 5) is 0. The van der Waals surface area contributed by atoms with Crippen molar-refractivity contribution in [2.45, 2.75) is 0 Å². The molecule has 0 N–H and O–H groups in total. The van der Waals surface area contributed by atoms with Gasteiger partial charge in [-0.3, -0.25) is 0 Å². The largest absolute Gasteiger partial charge is 0.456 e. The molecule has 54 heavy (non-hydrogen) atoms. The van der Waals surface area contributed by atoms with Crippen LogP contribution in [0.1, 0.15) is 8.22 Å². The number of benzene rings is 10. The summed E-state index contributed by atoms with van der Waals surface area (Å²) >= 11 is 0. The van der Waals surface area contributed by atoms with Crippen LogP contribution < -0.4 is 0 Å². The average Bonchev–Trinajstić information content (AvgIpc) is 3.86. The van der Waals surface area contributed by atoms with Crippen molar-refractivity contribution in [2.75, 3.05) is 0 Å². The third-order valence-electron chi connectivity index (χ3n) is 11.0. The lowest BCUT2D eigenvalue weighted by atomic mass is 9.82. The van der Waals surface area contributed by atoms with E-state index >= 15 is 0 Å². The standard InChI is InChI=1S/C52H30O2/c1-3-16-34-31(12-1)14-9-22-38(34)48-40-19-5-6-20-41(40)49(39-23-10-15-32-13-2-4-17-35(32)39)44-30-33(26-27-42(44)48)36-21-11-25-46-50(36)51-47(53-46)29-28-43-37-18-7-8-24-45(37)54-52(43)51/h1-30H/i1D,3D,9D,12D,14D,22D. The Balaban J connectivity index is 1.26. The lowest BCUT2D eigenvalue weighted by molar-refractivity contribution is 0.663. The van der Waals surface area contributed by atoms with Gasteiger partial charge in [-0.2, -0.15) is 0 Å². The van der Waals surface area contributed by atoms with Crippen LogP contribution in [0.2, 0.25) is 0 Å². The number of rotatable bonds is 3. The molecule has 0 saturated carbocycles. The topological polar surface area (TPSA) is 26.3 Å². The lowest BCUT2D eigenvalue weighted by Gasteiger charge is -2.20. The SMILES string of the molecule is [2H]c1cc2c(-c3c4ccccc4c(-c4cccc5ccccc45)c4cc(-c5cccc6oc7ccc8c9ccccc9oc8c7c56)ccc34)c([2H])c([2H])c([2H])c2c([2H])c1[2H]. The maximum Gasteiger partial charge on any atom is 0.147 e. The third-order valence-corrected chi connectivity index (χ3v) is 11.0. The molecular formula is C52H30O2. The van der Waals surface area contributed by atoms with Crippen molar-refractivity contribution >= 4 is 87.0 Å². The Morgan fingerprint density at radius 3 is 1.91 bits per heavy atom. The summed E-state index contributed by atoms with van der Waals surface area (Å²) in [5, 5.41) is 9.96. The predicted molar refractivity (Wildman–Crippen MR) is 227 cm³/mol. The molecule has 2 nitrogen and oxygen atoms in total. The van der Waals surface area contributed by atoms with Gasteiger partial charge in [0.05, 0.1) is 13.6 Å². The number of hydrogen-bond donors (Lipinski definition) is 0. The van der Waals surface area contributed by atoms with Gasteiger partial charge in [0.15, 0.2) is 0 Å². The fraction of sp³-hybridized carbons (Fsp3) is 0. The molecule has 250 valence electrons. The van der Waals surface area contributed by atoms with Crippen molar-refractivity contribution in [3.8, 4) is 33.4 Å². The summed E-state index contributed by atoms with van der Waals surface area (Å²) in [6, 6.07) is 47.3. The Hall–Kier alpha value is -7.16. The molecule has 0 fully saturated rings. The van der Waals surface area contributed by atoms with Crippen molar-refractivity contribution in [3.63, 3.8) is 0 Å². The molecule has 0 aliphatic heterocycles. The van der Waals surface area contributed by atoms with E-state index in [9.17, 15) is 1.37 Å². The Morgan fingerprint density at radius 1 is 0.352 bits per heavy atom. The molecule has 0 bridgehead atoms. The zero-order valence-corrected chi connectivity index (χ0v) is 28.7. The fourth-order valence-corrected chi connectivity index (χ4v) is 8.74. The van der Waals surface area contributed by atoms with Crippen LogP contribution in [0.3, 0.4) is 0 Å². The molecule has 0 amide bonds. The molecule has 0 aliphatic rings. The molecular weight excluding hydrogens is 657 g/mol. The average molecular weight is 693 g/mol. The Kier molecular flexibility index (Phi) is 5.00. The highest BCUT2D eigenvalue weighted by Crippen LogP contribution is 2.49. The molecule has 0 unspecified atom stereocenters. The number of fused-ring (bicyclic) bond motifs is 11. The van der Waals surface area contributed by atoms with Gasteiger partial charge in [-0.25, -0.2) is 0 Å². The van der Waals surface area contributed by atoms with Gasteiger partial charge in [0.1, 0.15) is 22.3 Å². The highest BCUT2D eigenvalue weighted by atomic mass is 16.3. The normalized spacial score (nSPS) is 13.6. The first-order valence-corrected chi connectivity index (χ1v) is 18.0. The second-order valence-electron chi connectivity index (χ2n) is 13.9. The van der Waals surface area contributed by atoms with Crippen molar-refractivity contribution in [1.82, 2.24) is 0 Å². The monoisotopic (exact) mass is 692 g/mol. The van der Waals surface area contributed by atoms with Gasteiger partial charge in [0.2, 0.25) is 0 Å². The van der Waals surface area contributed by atoms with Gasteiger partial charge in [-0.1, -0.05) is 152 Å². The van der Waals surface area contributed by atoms with Crippen LogP contribution in [0.4, 0.5) is 0 Å². The molecule has 2 aromatic heterocycles. The van der Waals surface area contributed by atoms with Gasteiger partial charge >= 0.3 is 0 Å². The molecule has 0 saturated heterocycles. The van der Waals surface area contributed by atoms with Crippen LogP contribution in [0.15, 0.2) is 191 Å². The van der Waals surface area contributed by atoms with Crippen LogP contribution >= 0.6 is 0 Å². The number of hydrogen-bond acceptors (Lipinski definition) is 2. The van der Waals surface area contributed by atoms with Crippen LogP contribution in [0.25, 0.3) is 120 Å². The summed E-state index contributed by atoms with van der Waals surface area (Å²) in [5.74, 6) is 0. The third kappa shape index (κ3) is 4.11. The Morgan fingerprint density at radius 2 is 1.00 bits per heavy atom. The summed E-state index contributed by atoms with van der Waals surface area (Å²) < 4.78 is 66.4. The molecule has 12 aromatic rings. The van der Waals surface area contributed by atoms with E-state index in [2.05, 4.69) is 72.8 Å². The Bertz CT molecular complexity index is 3850. The van der Waals surface area contributed by atoms with Crippen molar-refractivity contribution in [3.05, 3.63) is 182 Å². The highest BCUT2D eigenvalue weighted by molar-refractivity contribution is 6.28. The second kappa shape index (κ2) is 11.2. The van der Waals surface area contributed by atoms with Gasteiger partial charge in [-0.15, -0.1) is 0 Å². The van der Waals surface area contributed by atoms with E-state index in [-0.39, 0.29) is 41.6 Å². The fourth-order valence-electron chi connectivity index (χ4n) is 8.74. The quantitative estimate of drug-likeness (QED) is 0.172. The predicted octanol–water partition coefficient (Wildman–Crippen LogP) is 15.1. The summed E-state index contributed by atoms with van der Waals surface area (Å²) in [5.41, 5.74) is 8.00. The maximum absolute atomic E-state index is 9.46. The van der Waals surface area contributed by atoms with Crippen LogP contribution in [0, 0.1) is 0 Å². The minimum atomic E-state index is -0.328.